The van der Waals surface area contributed by atoms with Gasteiger partial charge in [0.05, 0.1) is 5.02 Å². The molecule has 1 aromatic rings. The number of hydrogen-bond acceptors (Lipinski definition) is 3. The lowest BCUT2D eigenvalue weighted by molar-refractivity contribution is 0.0782. The lowest BCUT2D eigenvalue weighted by Gasteiger charge is -2.16. The number of nitrogens with two attached hydrogens (primary N) is 1. The van der Waals surface area contributed by atoms with E-state index in [1.807, 2.05) is 0 Å². The van der Waals surface area contributed by atoms with Crippen LogP contribution in [0.2, 0.25) is 5.02 Å². The maximum absolute atomic E-state index is 12.1. The topological polar surface area (TPSA) is 59.2 Å². The van der Waals surface area contributed by atoms with Gasteiger partial charge in [-0.05, 0) is 24.5 Å². The molecule has 0 radical (unpaired) electrons. The number of amides is 1. The highest BCUT2D eigenvalue weighted by Gasteiger charge is 2.26. The van der Waals surface area contributed by atoms with Crippen LogP contribution in [0.4, 0.5) is 5.82 Å². The van der Waals surface area contributed by atoms with E-state index in [-0.39, 0.29) is 11.6 Å². The fourth-order valence-electron chi connectivity index (χ4n) is 1.88. The molecule has 86 valence electrons. The van der Waals surface area contributed by atoms with E-state index < -0.39 is 0 Å². The minimum absolute atomic E-state index is 0.123. The van der Waals surface area contributed by atoms with Gasteiger partial charge in [-0.1, -0.05) is 18.5 Å². The number of aromatic nitrogens is 1. The van der Waals surface area contributed by atoms with Crippen molar-refractivity contribution in [2.45, 2.75) is 13.3 Å². The van der Waals surface area contributed by atoms with Crippen molar-refractivity contribution in [3.63, 3.8) is 0 Å². The SMILES string of the molecule is CC1CCN(C(=O)c2nc(N)ccc2Cl)C1. The smallest absolute Gasteiger partial charge is 0.274 e. The predicted molar refractivity (Wildman–Crippen MR) is 63.3 cm³/mol. The van der Waals surface area contributed by atoms with E-state index in [1.165, 1.54) is 0 Å². The van der Waals surface area contributed by atoms with E-state index in [2.05, 4.69) is 11.9 Å². The molecule has 1 aromatic heterocycles. The highest BCUT2D eigenvalue weighted by Crippen LogP contribution is 2.21. The van der Waals surface area contributed by atoms with Crippen molar-refractivity contribution in [3.8, 4) is 0 Å². The zero-order valence-electron chi connectivity index (χ0n) is 9.11. The third kappa shape index (κ3) is 2.11. The van der Waals surface area contributed by atoms with Crippen LogP contribution in [0.3, 0.4) is 0 Å². The maximum atomic E-state index is 12.1. The third-order valence-corrected chi connectivity index (χ3v) is 3.09. The molecule has 1 amide bonds. The van der Waals surface area contributed by atoms with Gasteiger partial charge in [-0.2, -0.15) is 0 Å². The van der Waals surface area contributed by atoms with E-state index in [1.54, 1.807) is 17.0 Å². The molecule has 2 rings (SSSR count). The first kappa shape index (κ1) is 11.2. The van der Waals surface area contributed by atoms with Crippen molar-refractivity contribution < 1.29 is 4.79 Å². The number of hydrogen-bond donors (Lipinski definition) is 1. The van der Waals surface area contributed by atoms with Crippen LogP contribution in [0.15, 0.2) is 12.1 Å². The largest absolute Gasteiger partial charge is 0.384 e. The molecule has 16 heavy (non-hydrogen) atoms. The summed E-state index contributed by atoms with van der Waals surface area (Å²) in [5, 5.41) is 0.360. The summed E-state index contributed by atoms with van der Waals surface area (Å²) < 4.78 is 0. The van der Waals surface area contributed by atoms with Gasteiger partial charge in [-0.15, -0.1) is 0 Å². The molecule has 0 saturated carbocycles. The molecule has 1 aliphatic rings. The summed E-state index contributed by atoms with van der Waals surface area (Å²) in [5.41, 5.74) is 5.81. The van der Waals surface area contributed by atoms with E-state index in [0.717, 1.165) is 19.5 Å². The Morgan fingerprint density at radius 1 is 1.62 bits per heavy atom. The number of likely N-dealkylation sites (tertiary alicyclic amines) is 1. The van der Waals surface area contributed by atoms with Crippen LogP contribution in [0.5, 0.6) is 0 Å². The number of anilines is 1. The van der Waals surface area contributed by atoms with Crippen LogP contribution < -0.4 is 5.73 Å². The molecule has 1 saturated heterocycles. The summed E-state index contributed by atoms with van der Waals surface area (Å²) in [6, 6.07) is 3.20. The molecular weight excluding hydrogens is 226 g/mol. The minimum atomic E-state index is -0.123. The molecule has 1 aliphatic heterocycles. The van der Waals surface area contributed by atoms with E-state index in [9.17, 15) is 4.79 Å². The molecule has 1 atom stereocenters. The Morgan fingerprint density at radius 3 is 3.00 bits per heavy atom. The maximum Gasteiger partial charge on any atom is 0.274 e. The van der Waals surface area contributed by atoms with Crippen LogP contribution in [0.25, 0.3) is 0 Å². The van der Waals surface area contributed by atoms with Crippen molar-refractivity contribution in [2.24, 2.45) is 5.92 Å². The monoisotopic (exact) mass is 239 g/mol. The number of pyridine rings is 1. The molecule has 2 heterocycles. The lowest BCUT2D eigenvalue weighted by atomic mass is 10.2. The first-order chi connectivity index (χ1) is 7.58. The highest BCUT2D eigenvalue weighted by molar-refractivity contribution is 6.33. The summed E-state index contributed by atoms with van der Waals surface area (Å²) in [4.78, 5) is 17.9. The first-order valence-electron chi connectivity index (χ1n) is 5.29. The molecule has 1 unspecified atom stereocenters. The Balaban J connectivity index is 2.23. The first-order valence-corrected chi connectivity index (χ1v) is 5.67. The van der Waals surface area contributed by atoms with Gasteiger partial charge >= 0.3 is 0 Å². The van der Waals surface area contributed by atoms with Crippen LogP contribution in [0, 0.1) is 5.92 Å². The number of rotatable bonds is 1. The Bertz CT molecular complexity index is 422. The number of carbonyl (C=O) groups is 1. The van der Waals surface area contributed by atoms with Crippen molar-refractivity contribution >= 4 is 23.3 Å². The van der Waals surface area contributed by atoms with Gasteiger partial charge in [0.2, 0.25) is 0 Å². The zero-order valence-corrected chi connectivity index (χ0v) is 9.87. The molecule has 0 aromatic carbocycles. The van der Waals surface area contributed by atoms with E-state index in [0.29, 0.717) is 16.8 Å². The summed E-state index contributed by atoms with van der Waals surface area (Å²) in [5.74, 6) is 0.741. The Labute approximate surface area is 99.4 Å². The van der Waals surface area contributed by atoms with Crippen molar-refractivity contribution in [1.29, 1.82) is 0 Å². The number of nitrogens with zero attached hydrogens (tertiary/aromatic N) is 2. The van der Waals surface area contributed by atoms with Gasteiger partial charge in [-0.25, -0.2) is 4.98 Å². The molecule has 1 fully saturated rings. The number of carbonyl (C=O) groups excluding carboxylic acids is 1. The standard InChI is InChI=1S/C11H14ClN3O/c1-7-4-5-15(6-7)11(16)10-8(12)2-3-9(13)14-10/h2-3,7H,4-6H2,1H3,(H2,13,14). The molecule has 5 heteroatoms. The number of nitrogen functional groups attached to an aromatic ring is 1. The van der Waals surface area contributed by atoms with Crippen molar-refractivity contribution in [2.75, 3.05) is 18.8 Å². The summed E-state index contributed by atoms with van der Waals surface area (Å²) in [6.45, 7) is 3.67. The van der Waals surface area contributed by atoms with E-state index in [4.69, 9.17) is 17.3 Å². The second kappa shape index (κ2) is 4.29. The van der Waals surface area contributed by atoms with Crippen LogP contribution in [-0.4, -0.2) is 28.9 Å². The van der Waals surface area contributed by atoms with Crippen molar-refractivity contribution in [1.82, 2.24) is 9.88 Å². The quantitative estimate of drug-likeness (QED) is 0.813. The summed E-state index contributed by atoms with van der Waals surface area (Å²) in [7, 11) is 0. The Kier molecular flexibility index (Phi) is 3.01. The Hall–Kier alpha value is -1.29. The fourth-order valence-corrected chi connectivity index (χ4v) is 2.06. The normalized spacial score (nSPS) is 20.1. The second-order valence-corrected chi connectivity index (χ2v) is 4.62. The fraction of sp³-hybridized carbons (Fsp3) is 0.455. The van der Waals surface area contributed by atoms with Crippen LogP contribution in [0.1, 0.15) is 23.8 Å². The molecule has 0 aliphatic carbocycles. The molecule has 0 bridgehead atoms. The average molecular weight is 240 g/mol. The Morgan fingerprint density at radius 2 is 2.38 bits per heavy atom. The van der Waals surface area contributed by atoms with Crippen molar-refractivity contribution in [3.05, 3.63) is 22.8 Å². The number of halogens is 1. The van der Waals surface area contributed by atoms with Crippen LogP contribution in [-0.2, 0) is 0 Å². The summed E-state index contributed by atoms with van der Waals surface area (Å²) in [6.07, 6.45) is 1.03. The van der Waals surface area contributed by atoms with Crippen LogP contribution >= 0.6 is 11.6 Å². The lowest BCUT2D eigenvalue weighted by Crippen LogP contribution is -2.29. The van der Waals surface area contributed by atoms with Gasteiger partial charge < -0.3 is 10.6 Å². The molecule has 4 nitrogen and oxygen atoms in total. The van der Waals surface area contributed by atoms with Gasteiger partial charge in [-0.3, -0.25) is 4.79 Å². The van der Waals surface area contributed by atoms with Gasteiger partial charge in [0.25, 0.3) is 5.91 Å². The van der Waals surface area contributed by atoms with E-state index >= 15 is 0 Å². The second-order valence-electron chi connectivity index (χ2n) is 4.21. The predicted octanol–water partition coefficient (Wildman–Crippen LogP) is 1.80. The van der Waals surface area contributed by atoms with Gasteiger partial charge in [0.15, 0.2) is 0 Å². The minimum Gasteiger partial charge on any atom is -0.384 e. The third-order valence-electron chi connectivity index (χ3n) is 2.78. The summed E-state index contributed by atoms with van der Waals surface area (Å²) >= 11 is 5.94. The zero-order chi connectivity index (χ0) is 11.7. The molecular formula is C11H14ClN3O. The van der Waals surface area contributed by atoms with Gasteiger partial charge in [0, 0.05) is 13.1 Å². The van der Waals surface area contributed by atoms with Gasteiger partial charge in [0.1, 0.15) is 11.5 Å². The average Bonchev–Trinajstić information content (AvgIpc) is 2.67. The highest BCUT2D eigenvalue weighted by atomic mass is 35.5. The molecule has 0 spiro atoms. The molecule has 2 N–H and O–H groups in total.